The minimum absolute atomic E-state index is 0.0486. The van der Waals surface area contributed by atoms with Crippen LogP contribution in [-0.4, -0.2) is 72.2 Å². The van der Waals surface area contributed by atoms with Crippen LogP contribution in [0.2, 0.25) is 0 Å². The first-order valence-electron chi connectivity index (χ1n) is 8.56. The molecule has 0 radical (unpaired) electrons. The van der Waals surface area contributed by atoms with Crippen molar-refractivity contribution in [2.75, 3.05) is 12.4 Å². The van der Waals surface area contributed by atoms with Gasteiger partial charge in [0.25, 0.3) is 11.8 Å². The molecule has 1 fully saturated rings. The van der Waals surface area contributed by atoms with Gasteiger partial charge >= 0.3 is 17.6 Å². The minimum atomic E-state index is -1.36. The zero-order valence-corrected chi connectivity index (χ0v) is 16.9. The number of rotatable bonds is 6. The number of nitro groups is 1. The predicted octanol–water partition coefficient (Wildman–Crippen LogP) is -0.448. The van der Waals surface area contributed by atoms with Crippen molar-refractivity contribution >= 4 is 41.2 Å². The third-order valence-corrected chi connectivity index (χ3v) is 5.91. The number of carboxylic acids is 1. The molecule has 3 heterocycles. The zero-order valence-electron chi connectivity index (χ0n) is 16.1. The van der Waals surface area contributed by atoms with Crippen LogP contribution >= 0.6 is 11.8 Å². The van der Waals surface area contributed by atoms with Gasteiger partial charge in [0.2, 0.25) is 5.69 Å². The smallest absolute Gasteiger partial charge is 0.352 e. The molecule has 2 aliphatic rings. The lowest BCUT2D eigenvalue weighted by atomic mass is 10.0. The van der Waals surface area contributed by atoms with Gasteiger partial charge in [0.15, 0.2) is 0 Å². The highest BCUT2D eigenvalue weighted by molar-refractivity contribution is 8.00. The van der Waals surface area contributed by atoms with Gasteiger partial charge in [0, 0.05) is 25.3 Å². The van der Waals surface area contributed by atoms with Crippen LogP contribution in [0.4, 0.5) is 5.69 Å². The topological polar surface area (TPSA) is 174 Å². The first kappa shape index (κ1) is 21.3. The summed E-state index contributed by atoms with van der Waals surface area (Å²) in [5, 5.41) is 26.4. The molecule has 0 bridgehead atoms. The largest absolute Gasteiger partial charge is 0.477 e. The predicted molar refractivity (Wildman–Crippen MR) is 100 cm³/mol. The van der Waals surface area contributed by atoms with Crippen LogP contribution in [-0.2, 0) is 26.2 Å². The lowest BCUT2D eigenvalue weighted by Gasteiger charge is -2.49. The molecule has 13 nitrogen and oxygen atoms in total. The second-order valence-electron chi connectivity index (χ2n) is 6.56. The van der Waals surface area contributed by atoms with Crippen LogP contribution in [0.1, 0.15) is 23.1 Å². The van der Waals surface area contributed by atoms with Crippen molar-refractivity contribution in [1.29, 1.82) is 0 Å². The number of aromatic nitrogens is 2. The number of thioether (sulfide) groups is 1. The Morgan fingerprint density at radius 1 is 1.43 bits per heavy atom. The van der Waals surface area contributed by atoms with E-state index in [1.165, 1.54) is 32.7 Å². The molecule has 2 amide bonds. The average Bonchev–Trinajstić information content (AvgIpc) is 2.97. The van der Waals surface area contributed by atoms with Crippen molar-refractivity contribution in [3.05, 3.63) is 32.8 Å². The molecule has 0 unspecified atom stereocenters. The van der Waals surface area contributed by atoms with Gasteiger partial charge in [-0.2, -0.15) is 5.10 Å². The van der Waals surface area contributed by atoms with Crippen molar-refractivity contribution in [2.45, 2.75) is 25.3 Å². The third kappa shape index (κ3) is 3.49. The molecule has 2 N–H and O–H groups in total. The number of nitrogens with one attached hydrogen (secondary N) is 1. The summed E-state index contributed by atoms with van der Waals surface area (Å²) >= 11 is 1.18. The third-order valence-electron chi connectivity index (χ3n) is 4.57. The summed E-state index contributed by atoms with van der Waals surface area (Å²) in [7, 11) is 1.37. The van der Waals surface area contributed by atoms with Gasteiger partial charge in [0.1, 0.15) is 29.4 Å². The van der Waals surface area contributed by atoms with Gasteiger partial charge in [-0.25, -0.2) is 4.79 Å². The summed E-state index contributed by atoms with van der Waals surface area (Å²) in [6.07, 6.45) is 0. The Balaban J connectivity index is 1.82. The number of esters is 1. The highest BCUT2D eigenvalue weighted by atomic mass is 32.2. The summed E-state index contributed by atoms with van der Waals surface area (Å²) in [5.74, 6) is -3.33. The molecule has 1 aromatic heterocycles. The highest BCUT2D eigenvalue weighted by Gasteiger charge is 2.54. The van der Waals surface area contributed by atoms with Crippen LogP contribution in [0.3, 0.4) is 0 Å². The van der Waals surface area contributed by atoms with Gasteiger partial charge in [-0.05, 0) is 6.92 Å². The second-order valence-corrected chi connectivity index (χ2v) is 7.67. The molecule has 0 aliphatic carbocycles. The molecule has 30 heavy (non-hydrogen) atoms. The molecule has 160 valence electrons. The number of carbonyl (C=O) groups excluding carboxylic acids is 3. The van der Waals surface area contributed by atoms with Crippen LogP contribution in [0.15, 0.2) is 11.3 Å². The fourth-order valence-corrected chi connectivity index (χ4v) is 4.64. The summed E-state index contributed by atoms with van der Waals surface area (Å²) in [4.78, 5) is 59.5. The van der Waals surface area contributed by atoms with E-state index in [9.17, 15) is 34.4 Å². The Labute approximate surface area is 173 Å². The number of carbonyl (C=O) groups is 4. The average molecular weight is 439 g/mol. The number of fused-ring (bicyclic) bond motifs is 1. The van der Waals surface area contributed by atoms with E-state index in [0.29, 0.717) is 0 Å². The van der Waals surface area contributed by atoms with Crippen molar-refractivity contribution in [3.8, 4) is 0 Å². The van der Waals surface area contributed by atoms with Crippen LogP contribution < -0.4 is 5.32 Å². The maximum absolute atomic E-state index is 12.6. The molecule has 14 heteroatoms. The molecule has 2 atom stereocenters. The summed E-state index contributed by atoms with van der Waals surface area (Å²) in [6.45, 7) is 2.30. The van der Waals surface area contributed by atoms with Gasteiger partial charge in [-0.1, -0.05) is 0 Å². The first-order chi connectivity index (χ1) is 14.0. The standard InChI is InChI=1S/C16H17N5O8S/c1-6-10(21(27)28)12(19(3)18-6)13(23)17-9-14(24)20-11(16(25)26)8(4-29-7(2)22)5-30-15(9)20/h9,15H,4-5H2,1-3H3,(H,17,23)(H,25,26)/t9-,15-/m1/s1. The van der Waals surface area contributed by atoms with Crippen LogP contribution in [0, 0.1) is 17.0 Å². The molecular weight excluding hydrogens is 422 g/mol. The van der Waals surface area contributed by atoms with Gasteiger partial charge in [-0.3, -0.25) is 34.1 Å². The lowest BCUT2D eigenvalue weighted by Crippen LogP contribution is -2.70. The monoisotopic (exact) mass is 439 g/mol. The number of hydrogen-bond donors (Lipinski definition) is 2. The number of aliphatic carboxylic acids is 1. The van der Waals surface area contributed by atoms with Crippen LogP contribution in [0.25, 0.3) is 0 Å². The number of carboxylic acid groups (broad SMARTS) is 1. The Hall–Kier alpha value is -3.42. The van der Waals surface area contributed by atoms with E-state index in [-0.39, 0.29) is 35.0 Å². The van der Waals surface area contributed by atoms with E-state index in [2.05, 4.69) is 10.4 Å². The van der Waals surface area contributed by atoms with Crippen molar-refractivity contribution in [2.24, 2.45) is 7.05 Å². The van der Waals surface area contributed by atoms with Crippen molar-refractivity contribution in [3.63, 3.8) is 0 Å². The summed E-state index contributed by atoms with van der Waals surface area (Å²) < 4.78 is 5.90. The van der Waals surface area contributed by atoms with E-state index < -0.39 is 45.8 Å². The van der Waals surface area contributed by atoms with E-state index in [4.69, 9.17) is 4.74 Å². The summed E-state index contributed by atoms with van der Waals surface area (Å²) in [5.41, 5.74) is -0.765. The van der Waals surface area contributed by atoms with Crippen LogP contribution in [0.5, 0.6) is 0 Å². The van der Waals surface area contributed by atoms with Gasteiger partial charge in [0.05, 0.1) is 4.92 Å². The molecular formula is C16H17N5O8S. The Kier molecular flexibility index (Phi) is 5.52. The fourth-order valence-electron chi connectivity index (χ4n) is 3.31. The number of aryl methyl sites for hydroxylation is 2. The fraction of sp³-hybridized carbons (Fsp3) is 0.438. The molecule has 0 spiro atoms. The highest BCUT2D eigenvalue weighted by Crippen LogP contribution is 2.40. The molecule has 2 aliphatic heterocycles. The van der Waals surface area contributed by atoms with Crippen molar-refractivity contribution < 1.29 is 33.9 Å². The number of hydrogen-bond acceptors (Lipinski definition) is 9. The summed E-state index contributed by atoms with van der Waals surface area (Å²) in [6, 6.07) is -1.07. The molecule has 1 aromatic rings. The van der Waals surface area contributed by atoms with Crippen molar-refractivity contribution in [1.82, 2.24) is 20.0 Å². The first-order valence-corrected chi connectivity index (χ1v) is 9.61. The molecule has 1 saturated heterocycles. The Morgan fingerprint density at radius 2 is 2.10 bits per heavy atom. The number of amides is 2. The zero-order chi connectivity index (χ0) is 22.3. The minimum Gasteiger partial charge on any atom is -0.477 e. The number of ether oxygens (including phenoxy) is 1. The number of nitrogens with zero attached hydrogens (tertiary/aromatic N) is 4. The second kappa shape index (κ2) is 7.78. The molecule has 3 rings (SSSR count). The Bertz CT molecular complexity index is 1020. The number of β-lactam (4-membered cyclic amide) rings is 1. The van der Waals surface area contributed by atoms with E-state index >= 15 is 0 Å². The molecule has 0 saturated carbocycles. The lowest BCUT2D eigenvalue weighted by molar-refractivity contribution is -0.385. The van der Waals surface area contributed by atoms with Gasteiger partial charge in [-0.15, -0.1) is 11.8 Å². The van der Waals surface area contributed by atoms with Gasteiger partial charge < -0.3 is 15.2 Å². The molecule has 0 aromatic carbocycles. The van der Waals surface area contributed by atoms with E-state index in [1.54, 1.807) is 0 Å². The maximum atomic E-state index is 12.6. The normalized spacial score (nSPS) is 20.4. The van der Waals surface area contributed by atoms with E-state index in [1.807, 2.05) is 0 Å². The quantitative estimate of drug-likeness (QED) is 0.256. The SMILES string of the molecule is CC(=O)OCC1=C(C(=O)O)N2C(=O)[C@@H](NC(=O)c3c([N+](=O)[O-])c(C)nn3C)[C@H]2SC1. The maximum Gasteiger partial charge on any atom is 0.352 e. The van der Waals surface area contributed by atoms with E-state index in [0.717, 1.165) is 9.58 Å². The Morgan fingerprint density at radius 3 is 2.67 bits per heavy atom.